The Morgan fingerprint density at radius 1 is 1.09 bits per heavy atom. The zero-order valence-corrected chi connectivity index (χ0v) is 13.4. The lowest BCUT2D eigenvalue weighted by atomic mass is 10.1. The van der Waals surface area contributed by atoms with Gasteiger partial charge >= 0.3 is 0 Å². The molecular formula is C19H20N2O2. The number of ether oxygens (including phenoxy) is 1. The third kappa shape index (κ3) is 3.21. The smallest absolute Gasteiger partial charge is 0.258 e. The number of hydrogen-bond donors (Lipinski definition) is 1. The minimum absolute atomic E-state index is 0.0135. The largest absolute Gasteiger partial charge is 0.492 e. The fourth-order valence-corrected chi connectivity index (χ4v) is 2.58. The summed E-state index contributed by atoms with van der Waals surface area (Å²) in [6.45, 7) is 4.90. The molecule has 3 rings (SSSR count). The fraction of sp³-hybridized carbons (Fsp3) is 0.211. The normalized spacial score (nSPS) is 10.9. The fourth-order valence-electron chi connectivity index (χ4n) is 2.58. The Labute approximate surface area is 135 Å². The predicted molar refractivity (Wildman–Crippen MR) is 94.0 cm³/mol. The van der Waals surface area contributed by atoms with Crippen molar-refractivity contribution in [1.82, 2.24) is 4.57 Å². The molecule has 0 saturated carbocycles. The van der Waals surface area contributed by atoms with Crippen LogP contribution in [0.15, 0.2) is 53.5 Å². The van der Waals surface area contributed by atoms with Crippen molar-refractivity contribution in [2.24, 2.45) is 0 Å². The van der Waals surface area contributed by atoms with Crippen LogP contribution >= 0.6 is 0 Å². The van der Waals surface area contributed by atoms with Crippen LogP contribution in [-0.4, -0.2) is 11.2 Å². The molecule has 3 aromatic rings. The first-order chi connectivity index (χ1) is 11.0. The van der Waals surface area contributed by atoms with Gasteiger partial charge in [0.15, 0.2) is 0 Å². The van der Waals surface area contributed by atoms with Gasteiger partial charge in [-0.3, -0.25) is 4.79 Å². The van der Waals surface area contributed by atoms with Crippen molar-refractivity contribution in [1.29, 1.82) is 0 Å². The van der Waals surface area contributed by atoms with Crippen molar-refractivity contribution in [3.8, 4) is 5.75 Å². The quantitative estimate of drug-likeness (QED) is 0.753. The Morgan fingerprint density at radius 3 is 2.70 bits per heavy atom. The summed E-state index contributed by atoms with van der Waals surface area (Å²) in [7, 11) is 0. The van der Waals surface area contributed by atoms with E-state index in [1.165, 1.54) is 0 Å². The van der Waals surface area contributed by atoms with Crippen LogP contribution in [0, 0.1) is 13.8 Å². The van der Waals surface area contributed by atoms with Crippen LogP contribution in [0.5, 0.6) is 5.75 Å². The van der Waals surface area contributed by atoms with Gasteiger partial charge in [-0.05, 0) is 55.1 Å². The van der Waals surface area contributed by atoms with Crippen LogP contribution in [0.2, 0.25) is 0 Å². The molecule has 2 aromatic carbocycles. The van der Waals surface area contributed by atoms with Gasteiger partial charge < -0.3 is 15.0 Å². The summed E-state index contributed by atoms with van der Waals surface area (Å²) in [6, 6.07) is 13.4. The molecule has 0 aliphatic heterocycles. The number of anilines is 1. The van der Waals surface area contributed by atoms with Crippen LogP contribution in [0.25, 0.3) is 10.8 Å². The number of fused-ring (bicyclic) bond motifs is 1. The van der Waals surface area contributed by atoms with E-state index in [4.69, 9.17) is 10.5 Å². The second kappa shape index (κ2) is 6.16. The van der Waals surface area contributed by atoms with Crippen molar-refractivity contribution in [3.63, 3.8) is 0 Å². The Bertz CT molecular complexity index is 913. The number of nitrogens with zero attached hydrogens (tertiary/aromatic N) is 1. The standard InChI is InChI=1S/C19H20N2O2/c1-13-3-5-17-15(11-13)7-8-21(19(17)22)9-10-23-16-4-6-18(20)14(2)12-16/h3-8,11-12H,9-10,20H2,1-2H3. The van der Waals surface area contributed by atoms with E-state index >= 15 is 0 Å². The number of nitrogens with two attached hydrogens (primary N) is 1. The van der Waals surface area contributed by atoms with E-state index in [1.54, 1.807) is 4.57 Å². The highest BCUT2D eigenvalue weighted by molar-refractivity contribution is 5.81. The molecule has 4 nitrogen and oxygen atoms in total. The third-order valence-electron chi connectivity index (χ3n) is 3.97. The molecule has 118 valence electrons. The summed E-state index contributed by atoms with van der Waals surface area (Å²) in [4.78, 5) is 12.5. The molecule has 0 aliphatic carbocycles. The molecule has 1 aromatic heterocycles. The summed E-state index contributed by atoms with van der Waals surface area (Å²) in [6.07, 6.45) is 1.82. The highest BCUT2D eigenvalue weighted by Crippen LogP contribution is 2.18. The molecule has 0 fully saturated rings. The summed E-state index contributed by atoms with van der Waals surface area (Å²) < 4.78 is 7.40. The summed E-state index contributed by atoms with van der Waals surface area (Å²) >= 11 is 0. The Hall–Kier alpha value is -2.75. The van der Waals surface area contributed by atoms with Crippen LogP contribution < -0.4 is 16.0 Å². The minimum Gasteiger partial charge on any atom is -0.492 e. The average Bonchev–Trinajstić information content (AvgIpc) is 2.53. The zero-order chi connectivity index (χ0) is 16.4. The minimum atomic E-state index is 0.0135. The second-order valence-electron chi connectivity index (χ2n) is 5.77. The predicted octanol–water partition coefficient (Wildman–Crippen LogP) is 3.28. The van der Waals surface area contributed by atoms with Crippen LogP contribution in [0.4, 0.5) is 5.69 Å². The number of aryl methyl sites for hydroxylation is 2. The maximum Gasteiger partial charge on any atom is 0.258 e. The molecule has 0 aliphatic rings. The molecule has 0 unspecified atom stereocenters. The monoisotopic (exact) mass is 308 g/mol. The van der Waals surface area contributed by atoms with E-state index < -0.39 is 0 Å². The SMILES string of the molecule is Cc1ccc2c(=O)n(CCOc3ccc(N)c(C)c3)ccc2c1. The maximum absolute atomic E-state index is 12.5. The first-order valence-electron chi connectivity index (χ1n) is 7.63. The topological polar surface area (TPSA) is 57.2 Å². The number of benzene rings is 2. The zero-order valence-electron chi connectivity index (χ0n) is 13.4. The molecule has 0 saturated heterocycles. The number of hydrogen-bond acceptors (Lipinski definition) is 3. The second-order valence-corrected chi connectivity index (χ2v) is 5.77. The van der Waals surface area contributed by atoms with Crippen LogP contribution in [0.3, 0.4) is 0 Å². The lowest BCUT2D eigenvalue weighted by molar-refractivity contribution is 0.296. The molecule has 2 N–H and O–H groups in total. The molecular weight excluding hydrogens is 288 g/mol. The molecule has 4 heteroatoms. The van der Waals surface area contributed by atoms with Gasteiger partial charge in [-0.25, -0.2) is 0 Å². The van der Waals surface area contributed by atoms with Gasteiger partial charge in [-0.15, -0.1) is 0 Å². The Balaban J connectivity index is 1.74. The summed E-state index contributed by atoms with van der Waals surface area (Å²) in [5, 5.41) is 1.71. The molecule has 0 bridgehead atoms. The van der Waals surface area contributed by atoms with Crippen molar-refractivity contribution >= 4 is 16.5 Å². The highest BCUT2D eigenvalue weighted by Gasteiger charge is 2.04. The van der Waals surface area contributed by atoms with E-state index in [1.807, 2.05) is 62.5 Å². The first kappa shape index (κ1) is 15.2. The van der Waals surface area contributed by atoms with E-state index in [0.29, 0.717) is 13.2 Å². The van der Waals surface area contributed by atoms with Crippen molar-refractivity contribution in [3.05, 3.63) is 70.1 Å². The summed E-state index contributed by atoms with van der Waals surface area (Å²) in [5.74, 6) is 0.765. The molecule has 0 radical (unpaired) electrons. The average molecular weight is 308 g/mol. The van der Waals surface area contributed by atoms with Gasteiger partial charge in [0.1, 0.15) is 12.4 Å². The number of rotatable bonds is 4. The highest BCUT2D eigenvalue weighted by atomic mass is 16.5. The molecule has 23 heavy (non-hydrogen) atoms. The van der Waals surface area contributed by atoms with Gasteiger partial charge in [0.2, 0.25) is 0 Å². The van der Waals surface area contributed by atoms with Gasteiger partial charge in [0.05, 0.1) is 6.54 Å². The van der Waals surface area contributed by atoms with Gasteiger partial charge in [0.25, 0.3) is 5.56 Å². The number of nitrogen functional groups attached to an aromatic ring is 1. The van der Waals surface area contributed by atoms with Gasteiger partial charge in [-0.1, -0.05) is 17.7 Å². The third-order valence-corrected chi connectivity index (χ3v) is 3.97. The van der Waals surface area contributed by atoms with Crippen molar-refractivity contribution < 1.29 is 4.74 Å². The summed E-state index contributed by atoms with van der Waals surface area (Å²) in [5.41, 5.74) is 8.69. The van der Waals surface area contributed by atoms with Crippen molar-refractivity contribution in [2.75, 3.05) is 12.3 Å². The molecule has 1 heterocycles. The molecule has 0 atom stereocenters. The van der Waals surface area contributed by atoms with E-state index in [9.17, 15) is 4.79 Å². The lowest BCUT2D eigenvalue weighted by Gasteiger charge is -2.10. The maximum atomic E-state index is 12.5. The number of pyridine rings is 1. The van der Waals surface area contributed by atoms with Crippen LogP contribution in [-0.2, 0) is 6.54 Å². The molecule has 0 spiro atoms. The van der Waals surface area contributed by atoms with E-state index in [0.717, 1.165) is 33.3 Å². The Morgan fingerprint density at radius 2 is 1.91 bits per heavy atom. The Kier molecular flexibility index (Phi) is 4.06. The number of aromatic nitrogens is 1. The van der Waals surface area contributed by atoms with E-state index in [-0.39, 0.29) is 5.56 Å². The van der Waals surface area contributed by atoms with Gasteiger partial charge in [0, 0.05) is 17.3 Å². The van der Waals surface area contributed by atoms with E-state index in [2.05, 4.69) is 0 Å². The first-order valence-corrected chi connectivity index (χ1v) is 7.63. The lowest BCUT2D eigenvalue weighted by Crippen LogP contribution is -2.22. The molecule has 0 amide bonds. The van der Waals surface area contributed by atoms with Crippen molar-refractivity contribution in [2.45, 2.75) is 20.4 Å². The van der Waals surface area contributed by atoms with Crippen LogP contribution in [0.1, 0.15) is 11.1 Å². The van der Waals surface area contributed by atoms with Gasteiger partial charge in [-0.2, -0.15) is 0 Å².